The zero-order valence-electron chi connectivity index (χ0n) is 24.3. The summed E-state index contributed by atoms with van der Waals surface area (Å²) in [6, 6.07) is 7.21. The Kier molecular flexibility index (Phi) is 6.89. The van der Waals surface area contributed by atoms with E-state index in [4.69, 9.17) is 11.6 Å². The van der Waals surface area contributed by atoms with Crippen LogP contribution in [0.1, 0.15) is 74.0 Å². The molecule has 1 saturated carbocycles. The van der Waals surface area contributed by atoms with E-state index in [2.05, 4.69) is 15.1 Å². The van der Waals surface area contributed by atoms with E-state index in [1.807, 2.05) is 6.92 Å². The number of carboxylic acids is 1. The third-order valence-electron chi connectivity index (χ3n) is 9.30. The molecule has 238 valence electrons. The maximum Gasteiger partial charge on any atom is 0.398 e. The zero-order valence-corrected chi connectivity index (χ0v) is 25.1. The van der Waals surface area contributed by atoms with Gasteiger partial charge in [0, 0.05) is 23.5 Å². The molecule has 3 aliphatic rings. The summed E-state index contributed by atoms with van der Waals surface area (Å²) in [4.78, 5) is 48.6. The summed E-state index contributed by atoms with van der Waals surface area (Å²) in [6.45, 7) is 2.48. The average Bonchev–Trinajstić information content (AvgIpc) is 3.47. The lowest BCUT2D eigenvalue weighted by Crippen LogP contribution is -2.36. The lowest BCUT2D eigenvalue weighted by molar-refractivity contribution is -0.160. The van der Waals surface area contributed by atoms with E-state index >= 15 is 4.39 Å². The van der Waals surface area contributed by atoms with Crippen LogP contribution in [-0.2, 0) is 36.1 Å². The van der Waals surface area contributed by atoms with Crippen molar-refractivity contribution in [2.24, 2.45) is 5.92 Å². The monoisotopic (exact) mass is 655 g/mol. The third-order valence-corrected chi connectivity index (χ3v) is 9.62. The second-order valence-electron chi connectivity index (χ2n) is 12.1. The number of aryl methyl sites for hydroxylation is 1. The molecule has 7 rings (SSSR count). The zero-order chi connectivity index (χ0) is 32.7. The van der Waals surface area contributed by atoms with Crippen LogP contribution >= 0.6 is 11.6 Å². The first-order valence-electron chi connectivity index (χ1n) is 14.7. The summed E-state index contributed by atoms with van der Waals surface area (Å²) in [6.07, 6.45) is -4.46. The van der Waals surface area contributed by atoms with Gasteiger partial charge in [-0.1, -0.05) is 23.7 Å². The van der Waals surface area contributed by atoms with Crippen molar-refractivity contribution in [3.05, 3.63) is 92.4 Å². The summed E-state index contributed by atoms with van der Waals surface area (Å²) >= 11 is 6.43. The first kappa shape index (κ1) is 30.2. The van der Waals surface area contributed by atoms with Crippen LogP contribution in [0.5, 0.6) is 0 Å². The number of imidazole rings is 1. The van der Waals surface area contributed by atoms with Crippen LogP contribution in [0.3, 0.4) is 0 Å². The summed E-state index contributed by atoms with van der Waals surface area (Å²) in [5.41, 5.74) is -0.835. The number of H-pyrrole nitrogens is 1. The maximum atomic E-state index is 15.3. The minimum atomic E-state index is -4.63. The lowest BCUT2D eigenvalue weighted by atomic mass is 9.84. The van der Waals surface area contributed by atoms with Crippen molar-refractivity contribution in [3.8, 4) is 11.3 Å². The second-order valence-corrected chi connectivity index (χ2v) is 12.5. The fourth-order valence-electron chi connectivity index (χ4n) is 6.82. The highest BCUT2D eigenvalue weighted by molar-refractivity contribution is 6.34. The Bertz CT molecular complexity index is 1940. The highest BCUT2D eigenvalue weighted by Crippen LogP contribution is 2.60. The normalized spacial score (nSPS) is 18.3. The minimum Gasteiger partial charge on any atom is -0.478 e. The van der Waals surface area contributed by atoms with Crippen LogP contribution in [-0.4, -0.2) is 53.7 Å². The van der Waals surface area contributed by atoms with E-state index in [-0.39, 0.29) is 70.3 Å². The Hall–Kier alpha value is -4.52. The molecule has 2 N–H and O–H groups in total. The van der Waals surface area contributed by atoms with Crippen molar-refractivity contribution in [1.82, 2.24) is 24.6 Å². The van der Waals surface area contributed by atoms with E-state index < -0.39 is 35.2 Å². The lowest BCUT2D eigenvalue weighted by Gasteiger charge is -2.27. The molecule has 0 saturated heterocycles. The summed E-state index contributed by atoms with van der Waals surface area (Å²) in [5.74, 6) is -3.19. The van der Waals surface area contributed by atoms with Gasteiger partial charge in [0.1, 0.15) is 11.6 Å². The molecule has 4 aromatic rings. The molecule has 46 heavy (non-hydrogen) atoms. The number of carboxylic acid groups (broad SMARTS) is 1. The van der Waals surface area contributed by atoms with Gasteiger partial charge in [-0.25, -0.2) is 14.2 Å². The number of fused-ring (bicyclic) bond motifs is 2. The number of carbonyl (C=O) groups is 3. The molecule has 14 heteroatoms. The van der Waals surface area contributed by atoms with Gasteiger partial charge in [0.2, 0.25) is 5.91 Å². The van der Waals surface area contributed by atoms with Crippen LogP contribution in [0.25, 0.3) is 11.3 Å². The highest BCUT2D eigenvalue weighted by atomic mass is 35.5. The number of nitrogens with one attached hydrogen (secondary N) is 1. The molecule has 0 spiro atoms. The Labute approximate surface area is 264 Å². The molecule has 1 fully saturated rings. The number of aromatic carboxylic acids is 1. The van der Waals surface area contributed by atoms with Crippen LogP contribution in [0.15, 0.2) is 36.4 Å². The molecule has 0 unspecified atom stereocenters. The molecule has 1 atom stereocenters. The fourth-order valence-corrected chi connectivity index (χ4v) is 7.07. The number of carbonyl (C=O) groups excluding carboxylic acids is 2. The van der Waals surface area contributed by atoms with Crippen molar-refractivity contribution in [2.75, 3.05) is 0 Å². The number of benzene rings is 2. The van der Waals surface area contributed by atoms with Crippen molar-refractivity contribution in [2.45, 2.75) is 63.7 Å². The van der Waals surface area contributed by atoms with Gasteiger partial charge >= 0.3 is 12.1 Å². The van der Waals surface area contributed by atoms with Crippen molar-refractivity contribution >= 4 is 29.4 Å². The van der Waals surface area contributed by atoms with Gasteiger partial charge in [0.25, 0.3) is 5.91 Å². The summed E-state index contributed by atoms with van der Waals surface area (Å²) in [7, 11) is 0. The molecular weight excluding hydrogens is 630 g/mol. The Morgan fingerprint density at radius 3 is 2.54 bits per heavy atom. The van der Waals surface area contributed by atoms with Gasteiger partial charge in [0.05, 0.1) is 57.4 Å². The van der Waals surface area contributed by atoms with E-state index in [1.54, 1.807) is 4.90 Å². The van der Waals surface area contributed by atoms with E-state index in [9.17, 15) is 32.7 Å². The van der Waals surface area contributed by atoms with Gasteiger partial charge < -0.3 is 15.0 Å². The minimum absolute atomic E-state index is 0.0167. The van der Waals surface area contributed by atoms with Crippen LogP contribution in [0.4, 0.5) is 17.6 Å². The molecule has 2 aliphatic carbocycles. The maximum absolute atomic E-state index is 15.3. The topological polar surface area (TPSA) is 121 Å². The largest absolute Gasteiger partial charge is 0.478 e. The highest BCUT2D eigenvalue weighted by Gasteiger charge is 2.65. The number of aromatic amines is 1. The predicted molar refractivity (Wildman–Crippen MR) is 156 cm³/mol. The van der Waals surface area contributed by atoms with Gasteiger partial charge in [-0.2, -0.15) is 23.0 Å². The molecule has 9 nitrogen and oxygen atoms in total. The Morgan fingerprint density at radius 1 is 1.13 bits per heavy atom. The molecule has 2 aromatic carbocycles. The number of rotatable bonds is 5. The Balaban J connectivity index is 1.31. The van der Waals surface area contributed by atoms with Crippen molar-refractivity contribution in [3.63, 3.8) is 0 Å². The standard InChI is InChI=1S/C32H26ClF4N5O4/c1-15-38-23-13-41(14-24(23)39-15)28(43)16-5-8-19-25(12-16)42(40-27(19)18-7-6-17(30(45)46)11-22(18)34)29(44)26-20(3-2-4-21(26)33)31(9-10-31)32(35,36)37/h2-4,6-7,11,16H,5,8-10,12-14H2,1H3,(H,38,39)(H,45,46)/t16-/m0/s1. The number of halogens is 5. The number of alkyl halides is 3. The number of hydrogen-bond acceptors (Lipinski definition) is 5. The fraction of sp³-hybridized carbons (Fsp3) is 0.344. The molecule has 1 amide bonds. The SMILES string of the molecule is Cc1nc2c([nH]1)CN(C(=O)[C@H]1CCc3c(-c4ccc(C(=O)O)cc4F)nn(C(=O)c4c(Cl)cccc4C4(C(F)(F)F)CC4)c3C1)C2. The van der Waals surface area contributed by atoms with Gasteiger partial charge in [-0.15, -0.1) is 0 Å². The van der Waals surface area contributed by atoms with Gasteiger partial charge in [-0.05, 0) is 62.4 Å². The smallest absolute Gasteiger partial charge is 0.398 e. The van der Waals surface area contributed by atoms with E-state index in [1.165, 1.54) is 30.3 Å². The molecule has 1 aliphatic heterocycles. The number of aromatic nitrogens is 4. The average molecular weight is 656 g/mol. The third kappa shape index (κ3) is 4.70. The molecule has 3 heterocycles. The second kappa shape index (κ2) is 10.5. The molecule has 0 bridgehead atoms. The molecule has 0 radical (unpaired) electrons. The van der Waals surface area contributed by atoms with Gasteiger partial charge in [-0.3, -0.25) is 9.59 Å². The van der Waals surface area contributed by atoms with E-state index in [0.717, 1.165) is 28.0 Å². The summed E-state index contributed by atoms with van der Waals surface area (Å²) in [5, 5.41) is 13.6. The first-order valence-corrected chi connectivity index (χ1v) is 15.0. The quantitative estimate of drug-likeness (QED) is 0.255. The predicted octanol–water partition coefficient (Wildman–Crippen LogP) is 6.00. The van der Waals surface area contributed by atoms with E-state index in [0.29, 0.717) is 25.1 Å². The number of amides is 1. The summed E-state index contributed by atoms with van der Waals surface area (Å²) < 4.78 is 59.1. The van der Waals surface area contributed by atoms with Crippen molar-refractivity contribution in [1.29, 1.82) is 0 Å². The molecular formula is C32H26ClF4N5O4. The number of nitrogens with zero attached hydrogens (tertiary/aromatic N) is 4. The first-order chi connectivity index (χ1) is 21.8. The molecule has 2 aromatic heterocycles. The van der Waals surface area contributed by atoms with Crippen LogP contribution < -0.4 is 0 Å². The van der Waals surface area contributed by atoms with Crippen LogP contribution in [0, 0.1) is 18.7 Å². The Morgan fingerprint density at radius 2 is 1.89 bits per heavy atom. The van der Waals surface area contributed by atoms with Gasteiger partial charge in [0.15, 0.2) is 0 Å². The van der Waals surface area contributed by atoms with Crippen LogP contribution in [0.2, 0.25) is 5.02 Å². The number of hydrogen-bond donors (Lipinski definition) is 2. The van der Waals surface area contributed by atoms with Crippen molar-refractivity contribution < 1.29 is 37.1 Å².